The Hall–Kier alpha value is -0.680. The van der Waals surface area contributed by atoms with Crippen molar-refractivity contribution in [2.75, 3.05) is 13.1 Å². The Morgan fingerprint density at radius 2 is 2.33 bits per heavy atom. The maximum Gasteiger partial charge on any atom is 0.267 e. The van der Waals surface area contributed by atoms with E-state index in [9.17, 15) is 4.79 Å². The van der Waals surface area contributed by atoms with Gasteiger partial charge in [0.15, 0.2) is 0 Å². The highest BCUT2D eigenvalue weighted by Crippen LogP contribution is 1.97. The first kappa shape index (κ1) is 12.4. The summed E-state index contributed by atoms with van der Waals surface area (Å²) >= 11 is 3.16. The van der Waals surface area contributed by atoms with Crippen molar-refractivity contribution in [2.45, 2.75) is 20.4 Å². The Morgan fingerprint density at radius 1 is 1.60 bits per heavy atom. The number of rotatable bonds is 5. The van der Waals surface area contributed by atoms with Crippen molar-refractivity contribution in [1.29, 1.82) is 0 Å². The average Bonchev–Trinajstić information content (AvgIpc) is 2.18. The van der Waals surface area contributed by atoms with Crippen molar-refractivity contribution >= 4 is 15.9 Å². The number of hydrogen-bond acceptors (Lipinski definition) is 3. The number of nitrogens with zero attached hydrogens (tertiary/aromatic N) is 2. The van der Waals surface area contributed by atoms with Crippen LogP contribution < -0.4 is 10.9 Å². The van der Waals surface area contributed by atoms with Gasteiger partial charge in [-0.05, 0) is 28.4 Å². The van der Waals surface area contributed by atoms with Crippen LogP contribution in [-0.2, 0) is 6.54 Å². The van der Waals surface area contributed by atoms with Gasteiger partial charge in [0.2, 0.25) is 0 Å². The summed E-state index contributed by atoms with van der Waals surface area (Å²) in [6.07, 6.45) is 3.07. The largest absolute Gasteiger partial charge is 0.315 e. The van der Waals surface area contributed by atoms with Crippen molar-refractivity contribution in [1.82, 2.24) is 14.9 Å². The van der Waals surface area contributed by atoms with Crippen LogP contribution in [0.25, 0.3) is 0 Å². The topological polar surface area (TPSA) is 46.9 Å². The second-order valence-corrected chi connectivity index (χ2v) is 4.69. The van der Waals surface area contributed by atoms with Crippen LogP contribution in [0.1, 0.15) is 13.8 Å². The highest BCUT2D eigenvalue weighted by Gasteiger charge is 2.00. The van der Waals surface area contributed by atoms with Gasteiger partial charge in [0.05, 0.1) is 6.33 Å². The van der Waals surface area contributed by atoms with Crippen molar-refractivity contribution in [3.63, 3.8) is 0 Å². The molecule has 15 heavy (non-hydrogen) atoms. The third-order valence-electron chi connectivity index (χ3n) is 1.94. The minimum Gasteiger partial charge on any atom is -0.315 e. The normalized spacial score (nSPS) is 10.9. The van der Waals surface area contributed by atoms with Crippen LogP contribution in [0.15, 0.2) is 21.8 Å². The predicted octanol–water partition coefficient (Wildman–Crippen LogP) is 1.25. The molecule has 1 aromatic rings. The molecule has 0 aliphatic rings. The Bertz CT molecular complexity index is 362. The molecule has 84 valence electrons. The monoisotopic (exact) mass is 273 g/mol. The Labute approximate surface area is 97.8 Å². The van der Waals surface area contributed by atoms with Crippen molar-refractivity contribution in [3.05, 3.63) is 27.4 Å². The predicted molar refractivity (Wildman–Crippen MR) is 63.9 cm³/mol. The van der Waals surface area contributed by atoms with Gasteiger partial charge in [-0.3, -0.25) is 9.36 Å². The van der Waals surface area contributed by atoms with E-state index in [0.717, 1.165) is 13.1 Å². The molecule has 0 aromatic carbocycles. The van der Waals surface area contributed by atoms with E-state index >= 15 is 0 Å². The molecule has 0 radical (unpaired) electrons. The summed E-state index contributed by atoms with van der Waals surface area (Å²) in [5.74, 6) is 0.627. The number of nitrogens with one attached hydrogen (secondary N) is 1. The second-order valence-electron chi connectivity index (χ2n) is 3.84. The van der Waals surface area contributed by atoms with Gasteiger partial charge in [-0.15, -0.1) is 0 Å². The lowest BCUT2D eigenvalue weighted by Gasteiger charge is -2.08. The first-order valence-corrected chi connectivity index (χ1v) is 5.81. The third kappa shape index (κ3) is 4.13. The van der Waals surface area contributed by atoms with E-state index in [1.165, 1.54) is 6.20 Å². The maximum atomic E-state index is 11.5. The maximum absolute atomic E-state index is 11.5. The van der Waals surface area contributed by atoms with E-state index < -0.39 is 0 Å². The first-order valence-electron chi connectivity index (χ1n) is 5.02. The third-order valence-corrected chi connectivity index (χ3v) is 2.49. The molecule has 0 atom stereocenters. The molecule has 0 bridgehead atoms. The van der Waals surface area contributed by atoms with Gasteiger partial charge >= 0.3 is 0 Å². The highest BCUT2D eigenvalue weighted by atomic mass is 79.9. The number of aromatic nitrogens is 2. The molecular formula is C10H16BrN3O. The van der Waals surface area contributed by atoms with Crippen LogP contribution in [-0.4, -0.2) is 22.6 Å². The van der Waals surface area contributed by atoms with Gasteiger partial charge in [-0.1, -0.05) is 13.8 Å². The molecule has 4 nitrogen and oxygen atoms in total. The summed E-state index contributed by atoms with van der Waals surface area (Å²) in [6.45, 7) is 6.71. The van der Waals surface area contributed by atoms with Crippen molar-refractivity contribution < 1.29 is 0 Å². The molecule has 1 N–H and O–H groups in total. The zero-order chi connectivity index (χ0) is 11.3. The van der Waals surface area contributed by atoms with E-state index in [0.29, 0.717) is 16.9 Å². The Morgan fingerprint density at radius 3 is 3.00 bits per heavy atom. The van der Waals surface area contributed by atoms with E-state index in [1.807, 2.05) is 0 Å². The lowest BCUT2D eigenvalue weighted by Crippen LogP contribution is -2.29. The fourth-order valence-electron chi connectivity index (χ4n) is 1.17. The van der Waals surface area contributed by atoms with Crippen LogP contribution in [0.5, 0.6) is 0 Å². The molecule has 1 aromatic heterocycles. The molecule has 0 fully saturated rings. The molecule has 1 heterocycles. The fraction of sp³-hybridized carbons (Fsp3) is 0.600. The van der Waals surface area contributed by atoms with E-state index in [4.69, 9.17) is 0 Å². The van der Waals surface area contributed by atoms with Gasteiger partial charge in [0.1, 0.15) is 4.47 Å². The Kier molecular flexibility index (Phi) is 4.98. The summed E-state index contributed by atoms with van der Waals surface area (Å²) in [6, 6.07) is 0. The molecule has 0 spiro atoms. The van der Waals surface area contributed by atoms with Gasteiger partial charge in [0, 0.05) is 19.3 Å². The van der Waals surface area contributed by atoms with Crippen LogP contribution in [0.4, 0.5) is 0 Å². The fourth-order valence-corrected chi connectivity index (χ4v) is 1.52. The molecule has 0 saturated heterocycles. The van der Waals surface area contributed by atoms with Gasteiger partial charge in [0.25, 0.3) is 5.56 Å². The minimum absolute atomic E-state index is 0.0312. The van der Waals surface area contributed by atoms with Gasteiger partial charge in [-0.25, -0.2) is 4.98 Å². The van der Waals surface area contributed by atoms with Crippen LogP contribution in [0.2, 0.25) is 0 Å². The molecule has 0 aliphatic carbocycles. The highest BCUT2D eigenvalue weighted by molar-refractivity contribution is 9.10. The SMILES string of the molecule is CC(C)CNCCn1cncc(Br)c1=O. The van der Waals surface area contributed by atoms with Crippen LogP contribution in [0.3, 0.4) is 0 Å². The van der Waals surface area contributed by atoms with E-state index in [1.54, 1.807) is 10.9 Å². The first-order chi connectivity index (χ1) is 7.11. The average molecular weight is 274 g/mol. The van der Waals surface area contributed by atoms with Gasteiger partial charge < -0.3 is 5.32 Å². The zero-order valence-corrected chi connectivity index (χ0v) is 10.6. The van der Waals surface area contributed by atoms with E-state index in [-0.39, 0.29) is 5.56 Å². The van der Waals surface area contributed by atoms with Crippen molar-refractivity contribution in [3.8, 4) is 0 Å². The van der Waals surface area contributed by atoms with Crippen LogP contribution >= 0.6 is 15.9 Å². The number of hydrogen-bond donors (Lipinski definition) is 1. The Balaban J connectivity index is 2.44. The van der Waals surface area contributed by atoms with Crippen molar-refractivity contribution in [2.24, 2.45) is 5.92 Å². The molecule has 5 heteroatoms. The summed E-state index contributed by atoms with van der Waals surface area (Å²) in [5.41, 5.74) is -0.0312. The lowest BCUT2D eigenvalue weighted by molar-refractivity contribution is 0.517. The van der Waals surface area contributed by atoms with Gasteiger partial charge in [-0.2, -0.15) is 0 Å². The van der Waals surface area contributed by atoms with Crippen LogP contribution in [0, 0.1) is 5.92 Å². The summed E-state index contributed by atoms with van der Waals surface area (Å²) in [4.78, 5) is 15.5. The molecule has 0 aliphatic heterocycles. The molecule has 0 amide bonds. The summed E-state index contributed by atoms with van der Waals surface area (Å²) in [5, 5.41) is 3.28. The summed E-state index contributed by atoms with van der Waals surface area (Å²) in [7, 11) is 0. The number of halogens is 1. The minimum atomic E-state index is -0.0312. The lowest BCUT2D eigenvalue weighted by atomic mass is 10.2. The van der Waals surface area contributed by atoms with E-state index in [2.05, 4.69) is 40.1 Å². The standard InChI is InChI=1S/C10H16BrN3O/c1-8(2)5-12-3-4-14-7-13-6-9(11)10(14)15/h6-8,12H,3-5H2,1-2H3. The molecule has 1 rings (SSSR count). The molecular weight excluding hydrogens is 258 g/mol. The summed E-state index contributed by atoms with van der Waals surface area (Å²) < 4.78 is 2.10. The smallest absolute Gasteiger partial charge is 0.267 e. The molecule has 0 unspecified atom stereocenters. The quantitative estimate of drug-likeness (QED) is 0.822. The second kappa shape index (κ2) is 6.02. The zero-order valence-electron chi connectivity index (χ0n) is 9.03. The molecule has 0 saturated carbocycles.